The third kappa shape index (κ3) is 4.20. The van der Waals surface area contributed by atoms with Gasteiger partial charge in [-0.15, -0.1) is 0 Å². The average Bonchev–Trinajstić information content (AvgIpc) is 2.68. The van der Waals surface area contributed by atoms with E-state index >= 15 is 0 Å². The van der Waals surface area contributed by atoms with E-state index in [1.54, 1.807) is 12.1 Å². The normalized spacial score (nSPS) is 26.7. The minimum absolute atomic E-state index is 0.0128. The highest BCUT2D eigenvalue weighted by Crippen LogP contribution is 2.41. The second-order valence-corrected chi connectivity index (χ2v) is 8.12. The van der Waals surface area contributed by atoms with Crippen molar-refractivity contribution in [1.82, 2.24) is 4.90 Å². The van der Waals surface area contributed by atoms with Crippen LogP contribution >= 0.6 is 0 Å². The zero-order valence-electron chi connectivity index (χ0n) is 15.9. The van der Waals surface area contributed by atoms with Gasteiger partial charge in [0.15, 0.2) is 0 Å². The van der Waals surface area contributed by atoms with Crippen LogP contribution in [0.4, 0.5) is 9.18 Å². The van der Waals surface area contributed by atoms with Gasteiger partial charge < -0.3 is 14.7 Å². The van der Waals surface area contributed by atoms with Gasteiger partial charge in [0.2, 0.25) is 0 Å². The van der Waals surface area contributed by atoms with E-state index < -0.39 is 5.60 Å². The first-order chi connectivity index (χ1) is 13.5. The molecule has 0 radical (unpaired) electrons. The minimum Gasteiger partial charge on any atom is -0.445 e. The van der Waals surface area contributed by atoms with Gasteiger partial charge in [-0.2, -0.15) is 0 Å². The van der Waals surface area contributed by atoms with Crippen LogP contribution in [0.3, 0.4) is 0 Å². The number of piperidine rings is 2. The Morgan fingerprint density at radius 1 is 1.04 bits per heavy atom. The summed E-state index contributed by atoms with van der Waals surface area (Å²) in [5.74, 6) is -0.274. The van der Waals surface area contributed by atoms with E-state index in [1.165, 1.54) is 12.1 Å². The number of hydrogen-bond donors (Lipinski definition) is 1. The molecule has 5 heteroatoms. The van der Waals surface area contributed by atoms with Crippen molar-refractivity contribution in [3.63, 3.8) is 0 Å². The first-order valence-corrected chi connectivity index (χ1v) is 9.98. The van der Waals surface area contributed by atoms with Crippen LogP contribution in [-0.2, 0) is 17.8 Å². The summed E-state index contributed by atoms with van der Waals surface area (Å²) >= 11 is 0. The molecule has 0 saturated carbocycles. The van der Waals surface area contributed by atoms with Gasteiger partial charge in [-0.25, -0.2) is 9.18 Å². The van der Waals surface area contributed by atoms with Crippen LogP contribution < -0.4 is 0 Å². The largest absolute Gasteiger partial charge is 0.445 e. The molecule has 2 atom stereocenters. The fourth-order valence-electron chi connectivity index (χ4n) is 4.75. The maximum absolute atomic E-state index is 13.2. The number of carbonyl (C=O) groups is 1. The van der Waals surface area contributed by atoms with Crippen LogP contribution in [0, 0.1) is 5.82 Å². The zero-order chi connectivity index (χ0) is 19.6. The fraction of sp³-hybridized carbons (Fsp3) is 0.435. The average molecular weight is 383 g/mol. The Balaban J connectivity index is 1.42. The van der Waals surface area contributed by atoms with Crippen molar-refractivity contribution < 1.29 is 19.0 Å². The van der Waals surface area contributed by atoms with Crippen LogP contribution in [-0.4, -0.2) is 33.8 Å². The number of ether oxygens (including phenoxy) is 1. The molecule has 0 aliphatic carbocycles. The molecule has 0 aromatic heterocycles. The van der Waals surface area contributed by atoms with Crippen molar-refractivity contribution in [1.29, 1.82) is 0 Å². The minimum atomic E-state index is -0.871. The molecule has 4 rings (SSSR count). The number of aliphatic hydroxyl groups is 1. The van der Waals surface area contributed by atoms with Gasteiger partial charge in [0, 0.05) is 18.5 Å². The highest BCUT2D eigenvalue weighted by atomic mass is 19.1. The molecule has 2 saturated heterocycles. The summed E-state index contributed by atoms with van der Waals surface area (Å²) in [6.07, 6.45) is 4.06. The van der Waals surface area contributed by atoms with Crippen molar-refractivity contribution in [2.75, 3.05) is 0 Å². The third-order valence-corrected chi connectivity index (χ3v) is 5.96. The third-order valence-electron chi connectivity index (χ3n) is 5.96. The van der Waals surface area contributed by atoms with Crippen molar-refractivity contribution in [3.05, 3.63) is 71.5 Å². The van der Waals surface area contributed by atoms with Crippen molar-refractivity contribution in [2.24, 2.45) is 0 Å². The summed E-state index contributed by atoms with van der Waals surface area (Å²) in [4.78, 5) is 14.6. The lowest BCUT2D eigenvalue weighted by atomic mass is 9.73. The quantitative estimate of drug-likeness (QED) is 0.848. The van der Waals surface area contributed by atoms with Gasteiger partial charge in [-0.3, -0.25) is 0 Å². The number of hydrogen-bond acceptors (Lipinski definition) is 3. The molecule has 2 bridgehead atoms. The highest BCUT2D eigenvalue weighted by Gasteiger charge is 2.47. The Morgan fingerprint density at radius 3 is 2.32 bits per heavy atom. The van der Waals surface area contributed by atoms with E-state index in [0.29, 0.717) is 19.3 Å². The van der Waals surface area contributed by atoms with Crippen molar-refractivity contribution >= 4 is 6.09 Å². The zero-order valence-corrected chi connectivity index (χ0v) is 15.9. The smallest absolute Gasteiger partial charge is 0.410 e. The molecular formula is C23H26FNO3. The van der Waals surface area contributed by atoms with Crippen molar-refractivity contribution in [2.45, 2.75) is 62.8 Å². The summed E-state index contributed by atoms with van der Waals surface area (Å²) in [7, 11) is 0. The van der Waals surface area contributed by atoms with E-state index in [1.807, 2.05) is 35.2 Å². The number of carbonyl (C=O) groups excluding carboxylic acids is 1. The van der Waals surface area contributed by atoms with E-state index in [-0.39, 0.29) is 30.6 Å². The second kappa shape index (κ2) is 7.92. The molecule has 2 aliphatic rings. The lowest BCUT2D eigenvalue weighted by Gasteiger charge is -2.51. The van der Waals surface area contributed by atoms with Gasteiger partial charge in [-0.1, -0.05) is 42.5 Å². The Labute approximate surface area is 164 Å². The molecule has 148 valence electrons. The lowest BCUT2D eigenvalue weighted by molar-refractivity contribution is -0.0846. The molecule has 2 aromatic rings. The first kappa shape index (κ1) is 18.9. The Morgan fingerprint density at radius 2 is 1.68 bits per heavy atom. The molecule has 28 heavy (non-hydrogen) atoms. The monoisotopic (exact) mass is 383 g/mol. The molecular weight excluding hydrogens is 357 g/mol. The number of nitrogens with zero attached hydrogens (tertiary/aromatic N) is 1. The predicted molar refractivity (Wildman–Crippen MR) is 104 cm³/mol. The number of amides is 1. The first-order valence-electron chi connectivity index (χ1n) is 9.98. The topological polar surface area (TPSA) is 49.8 Å². The molecule has 2 heterocycles. The molecule has 1 amide bonds. The standard InChI is InChI=1S/C23H26FNO3/c24-19-11-9-17(10-12-19)13-23(27)14-20-7-4-8-21(15-23)25(20)22(26)28-16-18-5-2-1-3-6-18/h1-3,5-6,9-12,20-21,27H,4,7-8,13-16H2. The molecule has 2 unspecified atom stereocenters. The van der Waals surface area contributed by atoms with Gasteiger partial charge in [-0.05, 0) is 55.4 Å². The number of rotatable bonds is 4. The van der Waals surface area contributed by atoms with Crippen LogP contribution in [0.2, 0.25) is 0 Å². The predicted octanol–water partition coefficient (Wildman–Crippen LogP) is 4.45. The SMILES string of the molecule is O=C(OCc1ccccc1)N1C2CCCC1CC(O)(Cc1ccc(F)cc1)C2. The van der Waals surface area contributed by atoms with Gasteiger partial charge in [0.05, 0.1) is 5.60 Å². The molecule has 4 nitrogen and oxygen atoms in total. The van der Waals surface area contributed by atoms with Gasteiger partial charge >= 0.3 is 6.09 Å². The van der Waals surface area contributed by atoms with Crippen LogP contribution in [0.5, 0.6) is 0 Å². The Hall–Kier alpha value is -2.40. The molecule has 1 N–H and O–H groups in total. The molecule has 2 aliphatic heterocycles. The fourth-order valence-corrected chi connectivity index (χ4v) is 4.75. The summed E-state index contributed by atoms with van der Waals surface area (Å²) in [5, 5.41) is 11.2. The van der Waals surface area contributed by atoms with Crippen LogP contribution in [0.25, 0.3) is 0 Å². The summed E-state index contributed by atoms with van der Waals surface area (Å²) in [6, 6.07) is 15.9. The Bertz CT molecular complexity index is 794. The summed E-state index contributed by atoms with van der Waals surface area (Å²) in [5.41, 5.74) is 1.01. The van der Waals surface area contributed by atoms with Crippen molar-refractivity contribution in [3.8, 4) is 0 Å². The van der Waals surface area contributed by atoms with Gasteiger partial charge in [0.25, 0.3) is 0 Å². The van der Waals surface area contributed by atoms with E-state index in [9.17, 15) is 14.3 Å². The van der Waals surface area contributed by atoms with Crippen LogP contribution in [0.15, 0.2) is 54.6 Å². The van der Waals surface area contributed by atoms with Gasteiger partial charge in [0.1, 0.15) is 12.4 Å². The number of benzene rings is 2. The van der Waals surface area contributed by atoms with E-state index in [0.717, 1.165) is 30.4 Å². The maximum Gasteiger partial charge on any atom is 0.410 e. The molecule has 2 fully saturated rings. The van der Waals surface area contributed by atoms with E-state index in [2.05, 4.69) is 0 Å². The molecule has 2 aromatic carbocycles. The number of halogens is 1. The summed E-state index contributed by atoms with van der Waals surface area (Å²) < 4.78 is 18.7. The summed E-state index contributed by atoms with van der Waals surface area (Å²) in [6.45, 7) is 0.259. The molecule has 0 spiro atoms. The highest BCUT2D eigenvalue weighted by molar-refractivity contribution is 5.69. The van der Waals surface area contributed by atoms with E-state index in [4.69, 9.17) is 4.74 Å². The number of fused-ring (bicyclic) bond motifs is 2. The van der Waals surface area contributed by atoms with Crippen LogP contribution in [0.1, 0.15) is 43.2 Å². The Kier molecular flexibility index (Phi) is 5.36. The lowest BCUT2D eigenvalue weighted by Crippen LogP contribution is -2.60. The second-order valence-electron chi connectivity index (χ2n) is 8.12. The maximum atomic E-state index is 13.2.